The van der Waals surface area contributed by atoms with Crippen molar-refractivity contribution in [3.05, 3.63) is 17.0 Å². The Kier molecular flexibility index (Phi) is 5.11. The maximum absolute atomic E-state index is 12.0. The molecule has 0 spiro atoms. The molecule has 0 saturated carbocycles. The number of ether oxygens (including phenoxy) is 1. The van der Waals surface area contributed by atoms with E-state index in [4.69, 9.17) is 16.3 Å². The predicted octanol–water partition coefficient (Wildman–Crippen LogP) is 3.11. The topological polar surface area (TPSA) is 67.4 Å². The van der Waals surface area contributed by atoms with Crippen molar-refractivity contribution >= 4 is 23.5 Å². The van der Waals surface area contributed by atoms with E-state index < -0.39 is 5.60 Å². The van der Waals surface area contributed by atoms with Crippen LogP contribution >= 0.6 is 11.6 Å². The van der Waals surface area contributed by atoms with Crippen molar-refractivity contribution in [1.82, 2.24) is 14.9 Å². The number of aryl methyl sites for hydroxylation is 1. The molecule has 1 aliphatic heterocycles. The van der Waals surface area contributed by atoms with Gasteiger partial charge < -0.3 is 15.0 Å². The largest absolute Gasteiger partial charge is 0.444 e. The van der Waals surface area contributed by atoms with Crippen LogP contribution in [0.15, 0.2) is 6.07 Å². The lowest BCUT2D eigenvalue weighted by Crippen LogP contribution is -2.35. The molecule has 7 heteroatoms. The van der Waals surface area contributed by atoms with Crippen LogP contribution in [0.4, 0.5) is 10.6 Å². The number of aromatic nitrogens is 2. The standard InChI is InChI=1S/C15H23ClN4O2/c1-10-7-12(19-13(16)18-10)17-8-11-5-6-20(9-11)14(21)22-15(2,3)4/h7,11H,5-6,8-9H2,1-4H3,(H,17,18,19). The molecule has 1 amide bonds. The summed E-state index contributed by atoms with van der Waals surface area (Å²) in [6.45, 7) is 9.67. The molecule has 1 aromatic rings. The average molecular weight is 327 g/mol. The van der Waals surface area contributed by atoms with E-state index in [0.29, 0.717) is 18.3 Å². The minimum Gasteiger partial charge on any atom is -0.444 e. The number of carbonyl (C=O) groups excluding carboxylic acids is 1. The molecule has 1 unspecified atom stereocenters. The van der Waals surface area contributed by atoms with Crippen LogP contribution in [0.1, 0.15) is 32.9 Å². The number of hydrogen-bond acceptors (Lipinski definition) is 5. The minimum atomic E-state index is -0.456. The highest BCUT2D eigenvalue weighted by molar-refractivity contribution is 6.28. The van der Waals surface area contributed by atoms with Crippen molar-refractivity contribution in [2.45, 2.75) is 39.7 Å². The monoisotopic (exact) mass is 326 g/mol. The molecule has 22 heavy (non-hydrogen) atoms. The van der Waals surface area contributed by atoms with Gasteiger partial charge in [0.1, 0.15) is 11.4 Å². The van der Waals surface area contributed by atoms with Crippen LogP contribution in [-0.4, -0.2) is 46.2 Å². The Hall–Kier alpha value is -1.56. The SMILES string of the molecule is Cc1cc(NCC2CCN(C(=O)OC(C)(C)C)C2)nc(Cl)n1. The first kappa shape index (κ1) is 16.8. The maximum atomic E-state index is 12.0. The van der Waals surface area contributed by atoms with Crippen LogP contribution in [0.2, 0.25) is 5.28 Å². The summed E-state index contributed by atoms with van der Waals surface area (Å²) in [6, 6.07) is 1.85. The Labute approximate surface area is 136 Å². The third kappa shape index (κ3) is 5.02. The van der Waals surface area contributed by atoms with Crippen LogP contribution < -0.4 is 5.32 Å². The van der Waals surface area contributed by atoms with E-state index in [1.807, 2.05) is 33.8 Å². The highest BCUT2D eigenvalue weighted by Crippen LogP contribution is 2.20. The van der Waals surface area contributed by atoms with Crippen LogP contribution in [0.5, 0.6) is 0 Å². The van der Waals surface area contributed by atoms with Gasteiger partial charge in [-0.15, -0.1) is 0 Å². The van der Waals surface area contributed by atoms with Gasteiger partial charge in [-0.1, -0.05) is 0 Å². The van der Waals surface area contributed by atoms with E-state index in [-0.39, 0.29) is 11.4 Å². The molecule has 0 aliphatic carbocycles. The highest BCUT2D eigenvalue weighted by atomic mass is 35.5. The van der Waals surface area contributed by atoms with Crippen LogP contribution in [0.25, 0.3) is 0 Å². The Morgan fingerprint density at radius 1 is 1.50 bits per heavy atom. The lowest BCUT2D eigenvalue weighted by molar-refractivity contribution is 0.0289. The molecule has 2 heterocycles. The van der Waals surface area contributed by atoms with Crippen molar-refractivity contribution in [3.63, 3.8) is 0 Å². The third-order valence-electron chi connectivity index (χ3n) is 3.34. The molecule has 122 valence electrons. The Balaban J connectivity index is 1.82. The number of likely N-dealkylation sites (tertiary alicyclic amines) is 1. The molecule has 1 atom stereocenters. The fourth-order valence-electron chi connectivity index (χ4n) is 2.36. The molecule has 1 N–H and O–H groups in total. The van der Waals surface area contributed by atoms with Crippen molar-refractivity contribution in [2.75, 3.05) is 25.0 Å². The smallest absolute Gasteiger partial charge is 0.410 e. The van der Waals surface area contributed by atoms with Gasteiger partial charge in [0.2, 0.25) is 5.28 Å². The second kappa shape index (κ2) is 6.69. The number of rotatable bonds is 3. The zero-order valence-electron chi connectivity index (χ0n) is 13.5. The molecule has 1 aromatic heterocycles. The summed E-state index contributed by atoms with van der Waals surface area (Å²) in [7, 11) is 0. The van der Waals surface area contributed by atoms with Gasteiger partial charge in [0, 0.05) is 31.4 Å². The first-order valence-corrected chi connectivity index (χ1v) is 7.84. The summed E-state index contributed by atoms with van der Waals surface area (Å²) in [5, 5.41) is 3.50. The van der Waals surface area contributed by atoms with E-state index in [0.717, 1.165) is 25.2 Å². The second-order valence-electron chi connectivity index (χ2n) is 6.63. The molecule has 0 bridgehead atoms. The Morgan fingerprint density at radius 2 is 2.23 bits per heavy atom. The first-order valence-electron chi connectivity index (χ1n) is 7.46. The zero-order chi connectivity index (χ0) is 16.3. The van der Waals surface area contributed by atoms with Crippen LogP contribution in [-0.2, 0) is 4.74 Å². The van der Waals surface area contributed by atoms with Gasteiger partial charge in [-0.3, -0.25) is 0 Å². The number of hydrogen-bond donors (Lipinski definition) is 1. The van der Waals surface area contributed by atoms with Gasteiger partial charge in [0.25, 0.3) is 0 Å². The van der Waals surface area contributed by atoms with Crippen molar-refractivity contribution in [2.24, 2.45) is 5.92 Å². The van der Waals surface area contributed by atoms with Gasteiger partial charge in [0.05, 0.1) is 0 Å². The summed E-state index contributed by atoms with van der Waals surface area (Å²) < 4.78 is 5.39. The molecule has 1 saturated heterocycles. The highest BCUT2D eigenvalue weighted by Gasteiger charge is 2.29. The Morgan fingerprint density at radius 3 is 2.86 bits per heavy atom. The second-order valence-corrected chi connectivity index (χ2v) is 6.96. The summed E-state index contributed by atoms with van der Waals surface area (Å²) in [6.07, 6.45) is 0.709. The van der Waals surface area contributed by atoms with E-state index in [2.05, 4.69) is 15.3 Å². The van der Waals surface area contributed by atoms with Gasteiger partial charge >= 0.3 is 6.09 Å². The lowest BCUT2D eigenvalue weighted by Gasteiger charge is -2.24. The van der Waals surface area contributed by atoms with Crippen molar-refractivity contribution in [3.8, 4) is 0 Å². The molecule has 0 aromatic carbocycles. The van der Waals surface area contributed by atoms with E-state index in [1.165, 1.54) is 0 Å². The number of halogens is 1. The first-order chi connectivity index (χ1) is 10.2. The molecule has 0 radical (unpaired) electrons. The Bertz CT molecular complexity index is 525. The molecule has 1 fully saturated rings. The number of anilines is 1. The van der Waals surface area contributed by atoms with Gasteiger partial charge in [-0.05, 0) is 51.6 Å². The van der Waals surface area contributed by atoms with Gasteiger partial charge in [-0.25, -0.2) is 14.8 Å². The minimum absolute atomic E-state index is 0.240. The summed E-state index contributed by atoms with van der Waals surface area (Å²) in [4.78, 5) is 21.9. The number of carbonyl (C=O) groups is 1. The fourth-order valence-corrected chi connectivity index (χ4v) is 2.59. The van der Waals surface area contributed by atoms with Gasteiger partial charge in [-0.2, -0.15) is 0 Å². The summed E-state index contributed by atoms with van der Waals surface area (Å²) in [5.74, 6) is 1.09. The van der Waals surface area contributed by atoms with E-state index >= 15 is 0 Å². The lowest BCUT2D eigenvalue weighted by atomic mass is 10.1. The number of nitrogens with zero attached hydrogens (tertiary/aromatic N) is 3. The molecule has 2 rings (SSSR count). The molecular weight excluding hydrogens is 304 g/mol. The molecular formula is C15H23ClN4O2. The molecule has 6 nitrogen and oxygen atoms in total. The van der Waals surface area contributed by atoms with Crippen LogP contribution in [0, 0.1) is 12.8 Å². The van der Waals surface area contributed by atoms with E-state index in [1.54, 1.807) is 4.90 Å². The van der Waals surface area contributed by atoms with Gasteiger partial charge in [0.15, 0.2) is 0 Å². The maximum Gasteiger partial charge on any atom is 0.410 e. The van der Waals surface area contributed by atoms with Crippen molar-refractivity contribution in [1.29, 1.82) is 0 Å². The normalized spacial score (nSPS) is 18.4. The number of amides is 1. The predicted molar refractivity (Wildman–Crippen MR) is 86.2 cm³/mol. The third-order valence-corrected chi connectivity index (χ3v) is 3.51. The molecule has 1 aliphatic rings. The summed E-state index contributed by atoms with van der Waals surface area (Å²) in [5.41, 5.74) is 0.368. The number of nitrogens with one attached hydrogen (secondary N) is 1. The van der Waals surface area contributed by atoms with Crippen molar-refractivity contribution < 1.29 is 9.53 Å². The van der Waals surface area contributed by atoms with E-state index in [9.17, 15) is 4.79 Å². The fraction of sp³-hybridized carbons (Fsp3) is 0.667. The van der Waals surface area contributed by atoms with Crippen LogP contribution in [0.3, 0.4) is 0 Å². The quantitative estimate of drug-likeness (QED) is 0.864. The zero-order valence-corrected chi connectivity index (χ0v) is 14.3. The summed E-state index contributed by atoms with van der Waals surface area (Å²) >= 11 is 5.84. The average Bonchev–Trinajstić information content (AvgIpc) is 2.82.